The van der Waals surface area contributed by atoms with Gasteiger partial charge in [0.25, 0.3) is 0 Å². The van der Waals surface area contributed by atoms with Gasteiger partial charge in [-0.15, -0.1) is 11.3 Å². The topological polar surface area (TPSA) is 3.88 Å². The molecular formula is C16H13NS3. The molecule has 100 valence electrons. The highest BCUT2D eigenvalue weighted by atomic mass is 32.2. The Bertz CT molecular complexity index is 1040. The quantitative estimate of drug-likeness (QED) is 0.285. The summed E-state index contributed by atoms with van der Waals surface area (Å²) in [7, 11) is 1.93. The third kappa shape index (κ3) is 1.65. The molecule has 0 aliphatic rings. The van der Waals surface area contributed by atoms with Crippen molar-refractivity contribution in [3.05, 3.63) is 36.4 Å². The summed E-state index contributed by atoms with van der Waals surface area (Å²) in [6.45, 7) is 0. The van der Waals surface area contributed by atoms with Crippen molar-refractivity contribution in [3.63, 3.8) is 0 Å². The minimum atomic E-state index is -0.191. The number of nitrogens with zero attached hydrogens (tertiary/aromatic N) is 1. The van der Waals surface area contributed by atoms with E-state index in [1.54, 1.807) is 0 Å². The van der Waals surface area contributed by atoms with Gasteiger partial charge in [0.05, 0.1) is 0 Å². The normalized spacial score (nSPS) is 12.1. The molecule has 20 heavy (non-hydrogen) atoms. The first-order chi connectivity index (χ1) is 9.65. The Hall–Kier alpha value is -1.36. The van der Waals surface area contributed by atoms with Crippen LogP contribution < -0.4 is 4.57 Å². The first-order valence-electron chi connectivity index (χ1n) is 6.22. The van der Waals surface area contributed by atoms with E-state index in [9.17, 15) is 0 Å². The van der Waals surface area contributed by atoms with Gasteiger partial charge in [-0.05, 0) is 12.1 Å². The molecular weight excluding hydrogens is 302 g/mol. The number of aromatic nitrogens is 1. The van der Waals surface area contributed by atoms with Gasteiger partial charge in [0.15, 0.2) is 0 Å². The third-order valence-electron chi connectivity index (χ3n) is 3.54. The molecule has 0 N–H and O–H groups in total. The van der Waals surface area contributed by atoms with E-state index in [2.05, 4.69) is 59.8 Å². The molecule has 0 bridgehead atoms. The molecule has 2 heterocycles. The van der Waals surface area contributed by atoms with Gasteiger partial charge >= 0.3 is 0 Å². The minimum absolute atomic E-state index is 0.191. The van der Waals surface area contributed by atoms with Crippen LogP contribution in [0.2, 0.25) is 0 Å². The summed E-state index contributed by atoms with van der Waals surface area (Å²) >= 11 is 3.68. The molecule has 0 radical (unpaired) electrons. The first-order valence-corrected chi connectivity index (χ1v) is 9.42. The summed E-state index contributed by atoms with van der Waals surface area (Å²) in [4.78, 5) is 0. The van der Waals surface area contributed by atoms with Gasteiger partial charge < -0.3 is 10.1 Å². The number of aryl methyl sites for hydroxylation is 1. The average molecular weight is 315 g/mol. The van der Waals surface area contributed by atoms with Gasteiger partial charge in [-0.1, -0.05) is 29.5 Å². The minimum Gasteiger partial charge on any atom is -0.384 e. The molecule has 0 amide bonds. The van der Waals surface area contributed by atoms with Crippen molar-refractivity contribution in [3.8, 4) is 0 Å². The van der Waals surface area contributed by atoms with Crippen LogP contribution in [0.5, 0.6) is 0 Å². The SMILES string of the molecule is C=[S-](=C)c1sc2cc3sc4ccccc4c3cc2[n+]1C. The maximum Gasteiger partial charge on any atom is 0.222 e. The smallest absolute Gasteiger partial charge is 0.222 e. The molecule has 0 unspecified atom stereocenters. The maximum absolute atomic E-state index is 4.08. The van der Waals surface area contributed by atoms with Gasteiger partial charge in [0.1, 0.15) is 16.1 Å². The lowest BCUT2D eigenvalue weighted by Gasteiger charge is -1.97. The van der Waals surface area contributed by atoms with E-state index >= 15 is 0 Å². The molecule has 2 aromatic carbocycles. The van der Waals surface area contributed by atoms with Gasteiger partial charge in [0.2, 0.25) is 5.52 Å². The first kappa shape index (κ1) is 12.4. The van der Waals surface area contributed by atoms with E-state index in [4.69, 9.17) is 0 Å². The second-order valence-electron chi connectivity index (χ2n) is 4.83. The Morgan fingerprint density at radius 3 is 2.55 bits per heavy atom. The van der Waals surface area contributed by atoms with Gasteiger partial charge in [0, 0.05) is 26.2 Å². The second-order valence-corrected chi connectivity index (χ2v) is 8.58. The number of thiophene rings is 1. The number of thiazole rings is 1. The molecule has 2 aromatic heterocycles. The van der Waals surface area contributed by atoms with E-state index < -0.39 is 0 Å². The molecule has 4 heteroatoms. The van der Waals surface area contributed by atoms with Crippen LogP contribution in [0.25, 0.3) is 30.4 Å². The number of rotatable bonds is 1. The van der Waals surface area contributed by atoms with E-state index in [0.717, 1.165) is 0 Å². The fourth-order valence-corrected chi connectivity index (χ4v) is 5.93. The summed E-state index contributed by atoms with van der Waals surface area (Å²) in [5.41, 5.74) is 1.28. The zero-order valence-electron chi connectivity index (χ0n) is 11.1. The zero-order chi connectivity index (χ0) is 13.9. The van der Waals surface area contributed by atoms with Crippen molar-refractivity contribution >= 4 is 74.9 Å². The Kier molecular flexibility index (Phi) is 2.67. The standard InChI is InChI=1S/C16H13NS3/c1-17-12-8-11-10-6-4-5-7-13(10)18-14(11)9-15(12)19-16(17)20(2)3/h4-9H,2-3H2,1H3. The van der Waals surface area contributed by atoms with Gasteiger partial charge in [-0.2, -0.15) is 0 Å². The van der Waals surface area contributed by atoms with Crippen molar-refractivity contribution in [2.24, 2.45) is 7.05 Å². The highest BCUT2D eigenvalue weighted by Crippen LogP contribution is 2.37. The van der Waals surface area contributed by atoms with Crippen LogP contribution >= 0.6 is 22.7 Å². The van der Waals surface area contributed by atoms with Crippen LogP contribution in [0.3, 0.4) is 0 Å². The largest absolute Gasteiger partial charge is 0.384 e. The fourth-order valence-electron chi connectivity index (χ4n) is 2.60. The van der Waals surface area contributed by atoms with E-state index in [0.29, 0.717) is 0 Å². The lowest BCUT2D eigenvalue weighted by atomic mass is 10.1. The Morgan fingerprint density at radius 1 is 0.950 bits per heavy atom. The monoisotopic (exact) mass is 315 g/mol. The number of fused-ring (bicyclic) bond motifs is 4. The van der Waals surface area contributed by atoms with Crippen LogP contribution in [0.4, 0.5) is 0 Å². The van der Waals surface area contributed by atoms with Crippen molar-refractivity contribution < 1.29 is 4.57 Å². The van der Waals surface area contributed by atoms with Crippen molar-refractivity contribution in [1.29, 1.82) is 0 Å². The second kappa shape index (κ2) is 4.32. The number of hydrogen-bond donors (Lipinski definition) is 0. The zero-order valence-corrected chi connectivity index (χ0v) is 13.5. The summed E-state index contributed by atoms with van der Waals surface area (Å²) in [6, 6.07) is 13.3. The van der Waals surface area contributed by atoms with Crippen LogP contribution in [0.15, 0.2) is 40.7 Å². The Morgan fingerprint density at radius 2 is 1.75 bits per heavy atom. The van der Waals surface area contributed by atoms with Crippen LogP contribution in [-0.2, 0) is 17.1 Å². The van der Waals surface area contributed by atoms with E-state index in [-0.39, 0.29) is 10.1 Å². The summed E-state index contributed by atoms with van der Waals surface area (Å²) < 4.78 is 7.54. The number of hydrogen-bond acceptors (Lipinski definition) is 3. The average Bonchev–Trinajstić information content (AvgIpc) is 2.95. The predicted octanol–water partition coefficient (Wildman–Crippen LogP) is 3.93. The molecule has 0 saturated heterocycles. The summed E-state index contributed by atoms with van der Waals surface area (Å²) in [5.74, 6) is 8.16. The molecule has 0 saturated carbocycles. The molecule has 0 spiro atoms. The van der Waals surface area contributed by atoms with E-state index in [1.807, 2.05) is 22.7 Å². The van der Waals surface area contributed by atoms with Crippen LogP contribution in [-0.4, -0.2) is 11.7 Å². The highest BCUT2D eigenvalue weighted by Gasteiger charge is 2.14. The van der Waals surface area contributed by atoms with Gasteiger partial charge in [-0.25, -0.2) is 16.3 Å². The molecule has 4 rings (SSSR count). The Labute approximate surface area is 127 Å². The van der Waals surface area contributed by atoms with Crippen LogP contribution in [0, 0.1) is 0 Å². The predicted molar refractivity (Wildman–Crippen MR) is 95.8 cm³/mol. The third-order valence-corrected chi connectivity index (χ3v) is 7.39. The highest BCUT2D eigenvalue weighted by molar-refractivity contribution is 7.93. The van der Waals surface area contributed by atoms with Crippen molar-refractivity contribution in [2.45, 2.75) is 4.34 Å². The summed E-state index contributed by atoms with van der Waals surface area (Å²) in [6.07, 6.45) is 0. The van der Waals surface area contributed by atoms with Gasteiger partial charge in [-0.3, -0.25) is 0 Å². The lowest BCUT2D eigenvalue weighted by Crippen LogP contribution is -2.29. The summed E-state index contributed by atoms with van der Waals surface area (Å²) in [5, 5.41) is 2.71. The molecule has 0 fully saturated rings. The van der Waals surface area contributed by atoms with Crippen LogP contribution in [0.1, 0.15) is 0 Å². The maximum atomic E-state index is 4.08. The molecule has 1 nitrogen and oxygen atoms in total. The molecule has 4 aromatic rings. The fraction of sp³-hybridized carbons (Fsp3) is 0.0625. The lowest BCUT2D eigenvalue weighted by molar-refractivity contribution is -0.676. The molecule has 0 aliphatic carbocycles. The number of benzene rings is 2. The molecule has 0 atom stereocenters. The van der Waals surface area contributed by atoms with Crippen molar-refractivity contribution in [2.75, 3.05) is 0 Å². The Balaban J connectivity index is 2.20. The molecule has 0 aliphatic heterocycles. The van der Waals surface area contributed by atoms with E-state index in [1.165, 1.54) is 34.7 Å². The van der Waals surface area contributed by atoms with Crippen molar-refractivity contribution in [1.82, 2.24) is 0 Å².